The number of imide groups is 1. The molecule has 0 bridgehead atoms. The predicted octanol–water partition coefficient (Wildman–Crippen LogP) is -1.54. The second-order valence-electron chi connectivity index (χ2n) is 7.28. The Bertz CT molecular complexity index is 934. The van der Waals surface area contributed by atoms with E-state index in [0.717, 1.165) is 4.90 Å². The number of nitrogens with two attached hydrogens (primary N) is 2. The van der Waals surface area contributed by atoms with E-state index >= 15 is 0 Å². The minimum atomic E-state index is -1.49. The van der Waals surface area contributed by atoms with Crippen LogP contribution in [0.3, 0.4) is 0 Å². The van der Waals surface area contributed by atoms with E-state index in [2.05, 4.69) is 20.9 Å². The van der Waals surface area contributed by atoms with Gasteiger partial charge in [0, 0.05) is 13.1 Å². The molecular weight excluding hydrogens is 450 g/mol. The lowest BCUT2D eigenvalue weighted by atomic mass is 10.1. The first-order chi connectivity index (χ1) is 16.2. The molecule has 184 valence electrons. The van der Waals surface area contributed by atoms with Crippen LogP contribution in [0.25, 0.3) is 0 Å². The van der Waals surface area contributed by atoms with Crippen molar-refractivity contribution in [2.45, 2.75) is 31.5 Å². The Morgan fingerprint density at radius 3 is 2.56 bits per heavy atom. The smallest absolute Gasteiger partial charge is 0.408 e. The van der Waals surface area contributed by atoms with Gasteiger partial charge in [-0.05, 0) is 18.4 Å². The number of carbonyl (C=O) groups excluding carboxylic acids is 4. The Kier molecular flexibility index (Phi) is 9.61. The number of hydrogen-bond acceptors (Lipinski definition) is 7. The Balaban J connectivity index is 1.78. The molecule has 2 rings (SSSR count). The molecule has 1 aromatic rings. The summed E-state index contributed by atoms with van der Waals surface area (Å²) in [6.45, 7) is -0.884. The van der Waals surface area contributed by atoms with E-state index < -0.39 is 55.1 Å². The number of aliphatic carboxylic acids is 1. The summed E-state index contributed by atoms with van der Waals surface area (Å²) < 4.78 is 4.96. The molecule has 0 spiro atoms. The second kappa shape index (κ2) is 12.6. The summed E-state index contributed by atoms with van der Waals surface area (Å²) in [4.78, 5) is 64.4. The fraction of sp³-hybridized carbons (Fsp3) is 0.400. The van der Waals surface area contributed by atoms with Crippen LogP contribution in [0.1, 0.15) is 18.4 Å². The van der Waals surface area contributed by atoms with Crippen molar-refractivity contribution in [1.82, 2.24) is 20.9 Å². The van der Waals surface area contributed by atoms with Crippen LogP contribution in [0.4, 0.5) is 9.59 Å². The molecule has 14 heteroatoms. The third kappa shape index (κ3) is 8.29. The molecule has 1 saturated heterocycles. The minimum Gasteiger partial charge on any atom is -0.480 e. The van der Waals surface area contributed by atoms with Gasteiger partial charge in [-0.25, -0.2) is 14.4 Å². The van der Waals surface area contributed by atoms with Gasteiger partial charge in [0.1, 0.15) is 25.2 Å². The zero-order valence-electron chi connectivity index (χ0n) is 18.2. The number of alkyl carbamates (subject to hydrolysis) is 1. The number of nitrogens with zero attached hydrogens (tertiary/aromatic N) is 2. The van der Waals surface area contributed by atoms with Gasteiger partial charge in [0.25, 0.3) is 5.91 Å². The molecule has 34 heavy (non-hydrogen) atoms. The lowest BCUT2D eigenvalue weighted by molar-refractivity contribution is -0.139. The summed E-state index contributed by atoms with van der Waals surface area (Å²) in [5.41, 5.74) is 11.1. The number of carboxylic acid groups (broad SMARTS) is 1. The van der Waals surface area contributed by atoms with Crippen molar-refractivity contribution < 1.29 is 33.8 Å². The highest BCUT2D eigenvalue weighted by Gasteiger charge is 2.38. The van der Waals surface area contributed by atoms with Gasteiger partial charge in [-0.2, -0.15) is 0 Å². The Hall–Kier alpha value is -4.36. The van der Waals surface area contributed by atoms with E-state index in [9.17, 15) is 29.1 Å². The molecule has 14 nitrogen and oxygen atoms in total. The lowest BCUT2D eigenvalue weighted by Gasteiger charge is -2.17. The van der Waals surface area contributed by atoms with Gasteiger partial charge in [0.15, 0.2) is 5.96 Å². The third-order valence-electron chi connectivity index (χ3n) is 4.66. The maximum atomic E-state index is 12.4. The van der Waals surface area contributed by atoms with E-state index in [1.165, 1.54) is 0 Å². The minimum absolute atomic E-state index is 0.0648. The highest BCUT2D eigenvalue weighted by atomic mass is 16.5. The van der Waals surface area contributed by atoms with Crippen molar-refractivity contribution in [2.24, 2.45) is 16.5 Å². The van der Waals surface area contributed by atoms with Crippen molar-refractivity contribution >= 4 is 35.9 Å². The molecule has 1 aromatic carbocycles. The molecule has 0 aromatic heterocycles. The monoisotopic (exact) mass is 477 g/mol. The molecule has 1 aliphatic rings. The lowest BCUT2D eigenvalue weighted by Crippen LogP contribution is -2.50. The number of hydrogen-bond donors (Lipinski definition) is 6. The van der Waals surface area contributed by atoms with Gasteiger partial charge in [-0.3, -0.25) is 19.5 Å². The summed E-state index contributed by atoms with van der Waals surface area (Å²) in [6, 6.07) is 5.71. The second-order valence-corrected chi connectivity index (χ2v) is 7.28. The average molecular weight is 477 g/mol. The number of ether oxygens (including phenoxy) is 1. The summed E-state index contributed by atoms with van der Waals surface area (Å²) >= 11 is 0. The number of aliphatic imine (C=N–C) groups is 1. The number of benzene rings is 1. The molecule has 5 amide bonds. The van der Waals surface area contributed by atoms with Crippen molar-refractivity contribution in [2.75, 3.05) is 19.6 Å². The van der Waals surface area contributed by atoms with Gasteiger partial charge in [0.2, 0.25) is 5.91 Å². The maximum absolute atomic E-state index is 12.4. The largest absolute Gasteiger partial charge is 0.480 e. The number of urea groups is 1. The van der Waals surface area contributed by atoms with E-state index in [1.807, 2.05) is 0 Å². The summed E-state index contributed by atoms with van der Waals surface area (Å²) in [5, 5.41) is 16.2. The first-order valence-corrected chi connectivity index (χ1v) is 10.3. The van der Waals surface area contributed by atoms with Gasteiger partial charge >= 0.3 is 18.1 Å². The van der Waals surface area contributed by atoms with Crippen LogP contribution in [0.15, 0.2) is 35.3 Å². The van der Waals surface area contributed by atoms with E-state index in [-0.39, 0.29) is 25.5 Å². The van der Waals surface area contributed by atoms with E-state index in [1.54, 1.807) is 30.3 Å². The summed E-state index contributed by atoms with van der Waals surface area (Å²) in [5.74, 6) is -2.87. The van der Waals surface area contributed by atoms with Crippen LogP contribution in [-0.2, 0) is 25.7 Å². The standard InChI is InChI=1S/C20H27N7O7/c21-18(22)23-8-4-7-13-16(29)27(19(32)25-13)10-15(28)24-9-14(17(30)31)26-20(33)34-11-12-5-2-1-3-6-12/h1-3,5-6,13-14H,4,7-11H2,(H,24,28)(H,25,32)(H,26,33)(H,30,31)(H4,21,22,23)/t13-,14?/m0/s1. The molecule has 1 aliphatic heterocycles. The van der Waals surface area contributed by atoms with Crippen LogP contribution < -0.4 is 27.4 Å². The molecule has 0 radical (unpaired) electrons. The number of guanidine groups is 1. The van der Waals surface area contributed by atoms with Gasteiger partial charge < -0.3 is 37.3 Å². The zero-order valence-corrected chi connectivity index (χ0v) is 18.2. The van der Waals surface area contributed by atoms with Gasteiger partial charge in [-0.1, -0.05) is 30.3 Å². The Morgan fingerprint density at radius 1 is 1.21 bits per heavy atom. The van der Waals surface area contributed by atoms with Gasteiger partial charge in [-0.15, -0.1) is 0 Å². The number of rotatable bonds is 12. The molecule has 0 saturated carbocycles. The average Bonchev–Trinajstić information content (AvgIpc) is 3.06. The molecule has 0 aliphatic carbocycles. The highest BCUT2D eigenvalue weighted by molar-refractivity contribution is 6.06. The van der Waals surface area contributed by atoms with Crippen molar-refractivity contribution in [3.8, 4) is 0 Å². The number of amides is 5. The van der Waals surface area contributed by atoms with Crippen LogP contribution in [0, 0.1) is 0 Å². The Labute approximate surface area is 194 Å². The van der Waals surface area contributed by atoms with E-state index in [4.69, 9.17) is 16.2 Å². The number of nitrogens with one attached hydrogen (secondary N) is 3. The highest BCUT2D eigenvalue weighted by Crippen LogP contribution is 2.11. The number of carbonyl (C=O) groups is 5. The fourth-order valence-corrected chi connectivity index (χ4v) is 2.95. The Morgan fingerprint density at radius 2 is 1.91 bits per heavy atom. The molecular formula is C20H27N7O7. The molecule has 2 atom stereocenters. The SMILES string of the molecule is NC(N)=NCCC[C@@H]1NC(=O)N(CC(=O)NCC(NC(=O)OCc2ccccc2)C(=O)O)C1=O. The predicted molar refractivity (Wildman–Crippen MR) is 118 cm³/mol. The fourth-order valence-electron chi connectivity index (χ4n) is 2.95. The normalized spacial score (nSPS) is 15.8. The van der Waals surface area contributed by atoms with Crippen molar-refractivity contribution in [3.05, 3.63) is 35.9 Å². The summed E-state index contributed by atoms with van der Waals surface area (Å²) in [7, 11) is 0. The third-order valence-corrected chi connectivity index (χ3v) is 4.66. The quantitative estimate of drug-likeness (QED) is 0.0887. The summed E-state index contributed by atoms with van der Waals surface area (Å²) in [6.07, 6.45) is -0.278. The molecule has 1 fully saturated rings. The van der Waals surface area contributed by atoms with Crippen molar-refractivity contribution in [3.63, 3.8) is 0 Å². The van der Waals surface area contributed by atoms with Crippen LogP contribution >= 0.6 is 0 Å². The molecule has 1 heterocycles. The molecule has 8 N–H and O–H groups in total. The van der Waals surface area contributed by atoms with Crippen LogP contribution in [0.2, 0.25) is 0 Å². The zero-order chi connectivity index (χ0) is 25.1. The topological polar surface area (TPSA) is 219 Å². The first kappa shape index (κ1) is 25.9. The van der Waals surface area contributed by atoms with Crippen molar-refractivity contribution in [1.29, 1.82) is 0 Å². The van der Waals surface area contributed by atoms with E-state index in [0.29, 0.717) is 12.0 Å². The van der Waals surface area contributed by atoms with Crippen LogP contribution in [-0.4, -0.2) is 77.6 Å². The molecule has 1 unspecified atom stereocenters. The number of carboxylic acids is 1. The maximum Gasteiger partial charge on any atom is 0.408 e. The van der Waals surface area contributed by atoms with Crippen LogP contribution in [0.5, 0.6) is 0 Å². The van der Waals surface area contributed by atoms with Gasteiger partial charge in [0.05, 0.1) is 0 Å². The first-order valence-electron chi connectivity index (χ1n) is 10.3.